The van der Waals surface area contributed by atoms with Gasteiger partial charge in [0.1, 0.15) is 23.9 Å². The van der Waals surface area contributed by atoms with E-state index in [-0.39, 0.29) is 18.0 Å². The number of hydrogen-bond donors (Lipinski definition) is 3. The largest absolute Gasteiger partial charge is 0.465 e. The van der Waals surface area contributed by atoms with Gasteiger partial charge in [0.15, 0.2) is 11.0 Å². The van der Waals surface area contributed by atoms with Crippen LogP contribution in [0.2, 0.25) is 0 Å². The van der Waals surface area contributed by atoms with Gasteiger partial charge in [0.05, 0.1) is 13.2 Å². The van der Waals surface area contributed by atoms with Crippen LogP contribution in [0, 0.1) is 4.77 Å². The first-order valence-electron chi connectivity index (χ1n) is 8.64. The minimum atomic E-state index is -3.92. The molecular formula is C15H22N3O8PS. The monoisotopic (exact) mass is 435 g/mol. The minimum Gasteiger partial charge on any atom is -0.465 e. The molecule has 6 atom stereocenters. The van der Waals surface area contributed by atoms with Crippen LogP contribution in [0.15, 0.2) is 17.1 Å². The SMILES string of the molecule is CCOC(=O)[C@H](C)NP1(=O)OC[C@H]2O[C@@H](n3ccc(=O)[nH]c3=S)C(C)(O)C2O1. The number of esters is 1. The van der Waals surface area contributed by atoms with Crippen LogP contribution in [0.5, 0.6) is 0 Å². The molecule has 1 aromatic heterocycles. The smallest absolute Gasteiger partial charge is 0.406 e. The molecule has 0 aromatic carbocycles. The van der Waals surface area contributed by atoms with Crippen molar-refractivity contribution in [2.24, 2.45) is 0 Å². The normalized spacial score (nSPS) is 35.9. The summed E-state index contributed by atoms with van der Waals surface area (Å²) in [6, 6.07) is 0.292. The fraction of sp³-hybridized carbons (Fsp3) is 0.667. The van der Waals surface area contributed by atoms with Crippen molar-refractivity contribution < 1.29 is 33.0 Å². The van der Waals surface area contributed by atoms with Crippen molar-refractivity contribution >= 4 is 25.9 Å². The maximum Gasteiger partial charge on any atom is 0.406 e. The number of nitrogens with one attached hydrogen (secondary N) is 2. The molecule has 2 saturated heterocycles. The Morgan fingerprint density at radius 2 is 2.36 bits per heavy atom. The first-order valence-corrected chi connectivity index (χ1v) is 10.6. The topological polar surface area (TPSA) is 141 Å². The van der Waals surface area contributed by atoms with E-state index in [2.05, 4.69) is 10.1 Å². The van der Waals surface area contributed by atoms with E-state index in [0.717, 1.165) is 0 Å². The van der Waals surface area contributed by atoms with Crippen molar-refractivity contribution in [1.82, 2.24) is 14.6 Å². The zero-order valence-corrected chi connectivity index (χ0v) is 17.2. The molecular weight excluding hydrogens is 413 g/mol. The van der Waals surface area contributed by atoms with E-state index < -0.39 is 49.4 Å². The molecule has 0 aliphatic carbocycles. The van der Waals surface area contributed by atoms with E-state index >= 15 is 0 Å². The van der Waals surface area contributed by atoms with Gasteiger partial charge in [0, 0.05) is 12.3 Å². The summed E-state index contributed by atoms with van der Waals surface area (Å²) in [6.07, 6.45) is -1.40. The second kappa shape index (κ2) is 7.79. The second-order valence-electron chi connectivity index (χ2n) is 6.69. The molecule has 3 unspecified atom stereocenters. The standard InChI is InChI=1S/C15H22N3O8PS/c1-4-23-12(20)8(2)17-27(22)24-7-9-11(26-27)15(3,21)13(25-9)18-6-5-10(19)16-14(18)28/h5-6,8-9,11,13,21H,4,7H2,1-3H3,(H,17,22)(H,16,19,28)/t8-,9+,11?,13+,15?,27?/m0/s1. The molecule has 3 N–H and O–H groups in total. The van der Waals surface area contributed by atoms with Gasteiger partial charge in [-0.15, -0.1) is 0 Å². The number of ether oxygens (including phenoxy) is 2. The van der Waals surface area contributed by atoms with Crippen LogP contribution in [0.25, 0.3) is 0 Å². The molecule has 0 amide bonds. The third-order valence-electron chi connectivity index (χ3n) is 4.47. The van der Waals surface area contributed by atoms with Gasteiger partial charge in [-0.2, -0.15) is 0 Å². The number of aromatic amines is 1. The average molecular weight is 435 g/mol. The highest BCUT2D eigenvalue weighted by Gasteiger charge is 2.59. The Bertz CT molecular complexity index is 915. The zero-order valence-electron chi connectivity index (χ0n) is 15.5. The maximum absolute atomic E-state index is 12.9. The van der Waals surface area contributed by atoms with E-state index in [1.807, 2.05) is 0 Å². The lowest BCUT2D eigenvalue weighted by atomic mass is 9.96. The predicted octanol–water partition coefficient (Wildman–Crippen LogP) is 0.619. The lowest BCUT2D eigenvalue weighted by Gasteiger charge is -2.36. The fourth-order valence-electron chi connectivity index (χ4n) is 3.13. The van der Waals surface area contributed by atoms with E-state index in [0.29, 0.717) is 0 Å². The van der Waals surface area contributed by atoms with Crippen LogP contribution in [0.3, 0.4) is 0 Å². The fourth-order valence-corrected chi connectivity index (χ4v) is 5.15. The molecule has 28 heavy (non-hydrogen) atoms. The first kappa shape index (κ1) is 21.3. The molecule has 0 bridgehead atoms. The van der Waals surface area contributed by atoms with Crippen molar-refractivity contribution in [3.8, 4) is 0 Å². The summed E-state index contributed by atoms with van der Waals surface area (Å²) in [6.45, 7) is 4.58. The predicted molar refractivity (Wildman–Crippen MR) is 98.1 cm³/mol. The Morgan fingerprint density at radius 3 is 3.00 bits per heavy atom. The Labute approximate surface area is 165 Å². The minimum absolute atomic E-state index is 0.0505. The molecule has 1 aromatic rings. The van der Waals surface area contributed by atoms with Crippen LogP contribution >= 0.6 is 20.0 Å². The van der Waals surface area contributed by atoms with E-state index in [1.54, 1.807) is 6.92 Å². The van der Waals surface area contributed by atoms with Crippen molar-refractivity contribution in [3.63, 3.8) is 0 Å². The Balaban J connectivity index is 1.81. The molecule has 2 aliphatic heterocycles. The van der Waals surface area contributed by atoms with Gasteiger partial charge in [0.25, 0.3) is 5.56 Å². The van der Waals surface area contributed by atoms with Gasteiger partial charge in [-0.25, -0.2) is 9.65 Å². The molecule has 2 aliphatic rings. The maximum atomic E-state index is 12.9. The third kappa shape index (κ3) is 3.99. The number of aromatic nitrogens is 2. The molecule has 13 heteroatoms. The Morgan fingerprint density at radius 1 is 1.64 bits per heavy atom. The van der Waals surface area contributed by atoms with Crippen molar-refractivity contribution in [2.45, 2.75) is 50.8 Å². The van der Waals surface area contributed by atoms with Crippen LogP contribution < -0.4 is 10.6 Å². The van der Waals surface area contributed by atoms with E-state index in [4.69, 9.17) is 30.7 Å². The summed E-state index contributed by atoms with van der Waals surface area (Å²) >= 11 is 5.13. The van der Waals surface area contributed by atoms with Crippen LogP contribution in [0.1, 0.15) is 27.0 Å². The Kier molecular flexibility index (Phi) is 5.93. The molecule has 0 spiro atoms. The van der Waals surface area contributed by atoms with E-state index in [1.165, 1.54) is 30.7 Å². The lowest BCUT2D eigenvalue weighted by molar-refractivity contribution is -0.145. The van der Waals surface area contributed by atoms with Gasteiger partial charge in [0.2, 0.25) is 0 Å². The van der Waals surface area contributed by atoms with Gasteiger partial charge in [-0.05, 0) is 33.0 Å². The van der Waals surface area contributed by atoms with Crippen molar-refractivity contribution in [2.75, 3.05) is 13.2 Å². The number of rotatable bonds is 5. The molecule has 0 radical (unpaired) electrons. The highest BCUT2D eigenvalue weighted by molar-refractivity contribution is 7.71. The summed E-state index contributed by atoms with van der Waals surface area (Å²) in [5.41, 5.74) is -2.05. The van der Waals surface area contributed by atoms with Gasteiger partial charge in [-0.1, -0.05) is 0 Å². The Hall–Kier alpha value is -1.40. The number of H-pyrrole nitrogens is 1. The van der Waals surface area contributed by atoms with Gasteiger partial charge < -0.3 is 14.6 Å². The van der Waals surface area contributed by atoms with Crippen molar-refractivity contribution in [3.05, 3.63) is 27.4 Å². The number of nitrogens with zero attached hydrogens (tertiary/aromatic N) is 1. The molecule has 0 saturated carbocycles. The van der Waals surface area contributed by atoms with Crippen molar-refractivity contribution in [1.29, 1.82) is 0 Å². The summed E-state index contributed by atoms with van der Waals surface area (Å²) in [7, 11) is -3.92. The number of carbonyl (C=O) groups is 1. The van der Waals surface area contributed by atoms with Crippen LogP contribution in [-0.2, 0) is 27.9 Å². The number of carbonyl (C=O) groups excluding carboxylic acids is 1. The van der Waals surface area contributed by atoms with Gasteiger partial charge >= 0.3 is 13.7 Å². The molecule has 3 rings (SSSR count). The lowest BCUT2D eigenvalue weighted by Crippen LogP contribution is -2.49. The quantitative estimate of drug-likeness (QED) is 0.342. The third-order valence-corrected chi connectivity index (χ3v) is 6.48. The number of aliphatic hydroxyl groups is 1. The highest BCUT2D eigenvalue weighted by atomic mass is 32.1. The molecule has 11 nitrogen and oxygen atoms in total. The molecule has 156 valence electrons. The van der Waals surface area contributed by atoms with Crippen LogP contribution in [0.4, 0.5) is 0 Å². The average Bonchev–Trinajstić information content (AvgIpc) is 2.85. The van der Waals surface area contributed by atoms with E-state index in [9.17, 15) is 19.3 Å². The summed E-state index contributed by atoms with van der Waals surface area (Å²) in [4.78, 5) is 25.6. The summed E-state index contributed by atoms with van der Waals surface area (Å²) in [5, 5.41) is 13.5. The highest BCUT2D eigenvalue weighted by Crippen LogP contribution is 2.55. The van der Waals surface area contributed by atoms with Gasteiger partial charge in [-0.3, -0.25) is 28.2 Å². The summed E-state index contributed by atoms with van der Waals surface area (Å²) < 4.78 is 35.9. The number of hydrogen-bond acceptors (Lipinski definition) is 9. The number of fused-ring (bicyclic) bond motifs is 1. The zero-order chi connectivity index (χ0) is 20.7. The molecule has 2 fully saturated rings. The van der Waals surface area contributed by atoms with Crippen LogP contribution in [-0.4, -0.2) is 57.7 Å². The molecule has 3 heterocycles. The second-order valence-corrected chi connectivity index (χ2v) is 8.80. The first-order chi connectivity index (χ1) is 13.1. The summed E-state index contributed by atoms with van der Waals surface area (Å²) in [5.74, 6) is -0.612.